The Morgan fingerprint density at radius 3 is 2.71 bits per heavy atom. The van der Waals surface area contributed by atoms with Gasteiger partial charge in [-0.15, -0.1) is 0 Å². The van der Waals surface area contributed by atoms with E-state index in [0.29, 0.717) is 6.54 Å². The van der Waals surface area contributed by atoms with E-state index in [1.165, 1.54) is 0 Å². The van der Waals surface area contributed by atoms with E-state index >= 15 is 0 Å². The highest BCUT2D eigenvalue weighted by Crippen LogP contribution is 2.10. The van der Waals surface area contributed by atoms with Crippen molar-refractivity contribution in [1.29, 1.82) is 0 Å². The van der Waals surface area contributed by atoms with Gasteiger partial charge in [0.1, 0.15) is 5.60 Å². The van der Waals surface area contributed by atoms with E-state index < -0.39 is 5.60 Å². The quantitative estimate of drug-likeness (QED) is 0.819. The maximum absolute atomic E-state index is 11.8. The molecule has 1 unspecified atom stereocenters. The summed E-state index contributed by atoms with van der Waals surface area (Å²) >= 11 is 0. The number of ether oxygens (including phenoxy) is 1. The zero-order valence-electron chi connectivity index (χ0n) is 13.7. The highest BCUT2D eigenvalue weighted by molar-refractivity contribution is 5.67. The molecule has 1 heterocycles. The van der Waals surface area contributed by atoms with E-state index in [4.69, 9.17) is 4.74 Å². The van der Waals surface area contributed by atoms with Crippen LogP contribution in [0.4, 0.5) is 4.79 Å². The van der Waals surface area contributed by atoms with Gasteiger partial charge in [0.2, 0.25) is 0 Å². The molecule has 5 heteroatoms. The fraction of sp³-hybridized carbons (Fsp3) is 0.625. The number of aromatic nitrogens is 1. The Bertz CT molecular complexity index is 429. The summed E-state index contributed by atoms with van der Waals surface area (Å²) in [6, 6.07) is 6.10. The molecule has 0 bridgehead atoms. The molecule has 1 rings (SSSR count). The van der Waals surface area contributed by atoms with Crippen molar-refractivity contribution in [3.63, 3.8) is 0 Å². The summed E-state index contributed by atoms with van der Waals surface area (Å²) in [6.07, 6.45) is 2.39. The van der Waals surface area contributed by atoms with Crippen LogP contribution in [0.5, 0.6) is 0 Å². The number of carbonyl (C=O) groups is 1. The van der Waals surface area contributed by atoms with Gasteiger partial charge in [0.05, 0.1) is 5.69 Å². The minimum atomic E-state index is -0.447. The van der Waals surface area contributed by atoms with Crippen LogP contribution in [-0.4, -0.2) is 41.7 Å². The fourth-order valence-corrected chi connectivity index (χ4v) is 1.80. The van der Waals surface area contributed by atoms with Crippen LogP contribution in [0.25, 0.3) is 0 Å². The number of pyridine rings is 1. The van der Waals surface area contributed by atoms with Crippen LogP contribution in [0.1, 0.15) is 45.9 Å². The Balaban J connectivity index is 2.23. The summed E-state index contributed by atoms with van der Waals surface area (Å²) in [4.78, 5) is 17.7. The minimum absolute atomic E-state index is 0.207. The van der Waals surface area contributed by atoms with Crippen molar-refractivity contribution in [2.45, 2.75) is 45.8 Å². The molecule has 5 nitrogen and oxygen atoms in total. The van der Waals surface area contributed by atoms with Crippen molar-refractivity contribution in [3.8, 4) is 0 Å². The SMILES string of the molecule is CC(NCCCN(C)C(=O)OC(C)(C)C)c1ccccn1. The Labute approximate surface area is 127 Å². The summed E-state index contributed by atoms with van der Waals surface area (Å²) in [7, 11) is 1.76. The lowest BCUT2D eigenvalue weighted by Crippen LogP contribution is -2.35. The molecule has 1 atom stereocenters. The zero-order chi connectivity index (χ0) is 15.9. The molecule has 0 aliphatic carbocycles. The molecule has 1 N–H and O–H groups in total. The number of hydrogen-bond acceptors (Lipinski definition) is 4. The lowest BCUT2D eigenvalue weighted by molar-refractivity contribution is 0.0297. The van der Waals surface area contributed by atoms with Crippen molar-refractivity contribution in [3.05, 3.63) is 30.1 Å². The van der Waals surface area contributed by atoms with Crippen molar-refractivity contribution in [2.75, 3.05) is 20.1 Å². The topological polar surface area (TPSA) is 54.5 Å². The third-order valence-corrected chi connectivity index (χ3v) is 2.96. The summed E-state index contributed by atoms with van der Waals surface area (Å²) in [6.45, 7) is 9.18. The van der Waals surface area contributed by atoms with Gasteiger partial charge in [-0.25, -0.2) is 4.79 Å². The van der Waals surface area contributed by atoms with Crippen LogP contribution in [-0.2, 0) is 4.74 Å². The van der Waals surface area contributed by atoms with Gasteiger partial charge in [0.25, 0.3) is 0 Å². The van der Waals surface area contributed by atoms with Crippen LogP contribution in [0.15, 0.2) is 24.4 Å². The van der Waals surface area contributed by atoms with Gasteiger partial charge in [-0.3, -0.25) is 4.98 Å². The van der Waals surface area contributed by atoms with Gasteiger partial charge < -0.3 is 15.0 Å². The van der Waals surface area contributed by atoms with Crippen LogP contribution < -0.4 is 5.32 Å². The zero-order valence-corrected chi connectivity index (χ0v) is 13.7. The normalized spacial score (nSPS) is 12.8. The van der Waals surface area contributed by atoms with Crippen molar-refractivity contribution in [2.24, 2.45) is 0 Å². The van der Waals surface area contributed by atoms with E-state index in [1.807, 2.05) is 39.0 Å². The van der Waals surface area contributed by atoms with Crippen LogP contribution in [0, 0.1) is 0 Å². The lowest BCUT2D eigenvalue weighted by atomic mass is 10.2. The minimum Gasteiger partial charge on any atom is -0.444 e. The monoisotopic (exact) mass is 293 g/mol. The highest BCUT2D eigenvalue weighted by atomic mass is 16.6. The van der Waals surface area contributed by atoms with E-state index in [9.17, 15) is 4.79 Å². The average Bonchev–Trinajstić information content (AvgIpc) is 2.42. The number of rotatable bonds is 6. The predicted octanol–water partition coefficient (Wildman–Crippen LogP) is 2.99. The van der Waals surface area contributed by atoms with Crippen molar-refractivity contribution in [1.82, 2.24) is 15.2 Å². The van der Waals surface area contributed by atoms with Crippen LogP contribution >= 0.6 is 0 Å². The Morgan fingerprint density at radius 1 is 1.43 bits per heavy atom. The molecule has 0 saturated carbocycles. The van der Waals surface area contributed by atoms with Gasteiger partial charge in [0.15, 0.2) is 0 Å². The summed E-state index contributed by atoms with van der Waals surface area (Å²) < 4.78 is 5.30. The van der Waals surface area contributed by atoms with Crippen LogP contribution in [0.3, 0.4) is 0 Å². The third kappa shape index (κ3) is 7.09. The molecular weight excluding hydrogens is 266 g/mol. The molecule has 0 aliphatic rings. The van der Waals surface area contributed by atoms with Crippen LogP contribution in [0.2, 0.25) is 0 Å². The van der Waals surface area contributed by atoms with Gasteiger partial charge in [0, 0.05) is 25.8 Å². The molecule has 0 aliphatic heterocycles. The van der Waals surface area contributed by atoms with Gasteiger partial charge >= 0.3 is 6.09 Å². The molecule has 21 heavy (non-hydrogen) atoms. The van der Waals surface area contributed by atoms with E-state index in [0.717, 1.165) is 18.7 Å². The molecule has 0 spiro atoms. The molecule has 0 saturated heterocycles. The first kappa shape index (κ1) is 17.4. The number of nitrogens with zero attached hydrogens (tertiary/aromatic N) is 2. The first-order valence-electron chi connectivity index (χ1n) is 7.38. The molecular formula is C16H27N3O2. The number of hydrogen-bond donors (Lipinski definition) is 1. The molecule has 1 aromatic heterocycles. The standard InChI is InChI=1S/C16H27N3O2/c1-13(14-9-6-7-10-18-14)17-11-8-12-19(5)15(20)21-16(2,3)4/h6-7,9-10,13,17H,8,11-12H2,1-5H3. The number of nitrogens with one attached hydrogen (secondary N) is 1. The number of carbonyl (C=O) groups excluding carboxylic acids is 1. The Kier molecular flexibility index (Phi) is 6.62. The van der Waals surface area contributed by atoms with Gasteiger partial charge in [-0.1, -0.05) is 6.07 Å². The first-order chi connectivity index (χ1) is 9.79. The molecule has 0 fully saturated rings. The second kappa shape index (κ2) is 7.98. The third-order valence-electron chi connectivity index (χ3n) is 2.96. The van der Waals surface area contributed by atoms with Crippen molar-refractivity contribution < 1.29 is 9.53 Å². The lowest BCUT2D eigenvalue weighted by Gasteiger charge is -2.24. The summed E-state index contributed by atoms with van der Waals surface area (Å²) in [5, 5.41) is 3.40. The average molecular weight is 293 g/mol. The molecule has 1 amide bonds. The smallest absolute Gasteiger partial charge is 0.410 e. The first-order valence-corrected chi connectivity index (χ1v) is 7.38. The molecule has 0 radical (unpaired) electrons. The fourth-order valence-electron chi connectivity index (χ4n) is 1.80. The Hall–Kier alpha value is -1.62. The molecule has 118 valence electrons. The predicted molar refractivity (Wildman–Crippen MR) is 84.1 cm³/mol. The van der Waals surface area contributed by atoms with Crippen molar-refractivity contribution >= 4 is 6.09 Å². The maximum Gasteiger partial charge on any atom is 0.410 e. The second-order valence-electron chi connectivity index (χ2n) is 6.19. The highest BCUT2D eigenvalue weighted by Gasteiger charge is 2.19. The Morgan fingerprint density at radius 2 is 2.14 bits per heavy atom. The van der Waals surface area contributed by atoms with E-state index in [-0.39, 0.29) is 12.1 Å². The summed E-state index contributed by atoms with van der Waals surface area (Å²) in [5.74, 6) is 0. The van der Waals surface area contributed by atoms with E-state index in [2.05, 4.69) is 17.2 Å². The van der Waals surface area contributed by atoms with Gasteiger partial charge in [-0.05, 0) is 52.8 Å². The maximum atomic E-state index is 11.8. The number of amides is 1. The largest absolute Gasteiger partial charge is 0.444 e. The molecule has 1 aromatic rings. The summed E-state index contributed by atoms with van der Waals surface area (Å²) in [5.41, 5.74) is 0.579. The molecule has 0 aromatic carbocycles. The van der Waals surface area contributed by atoms with E-state index in [1.54, 1.807) is 18.1 Å². The second-order valence-corrected chi connectivity index (χ2v) is 6.19. The van der Waals surface area contributed by atoms with Gasteiger partial charge in [-0.2, -0.15) is 0 Å².